The first-order valence-electron chi connectivity index (χ1n) is 10.1. The largest absolute Gasteiger partial charge is 0.435 e. The van der Waals surface area contributed by atoms with Crippen molar-refractivity contribution in [1.29, 1.82) is 0 Å². The summed E-state index contributed by atoms with van der Waals surface area (Å²) in [6.45, 7) is 0.119. The lowest BCUT2D eigenvalue weighted by molar-refractivity contribution is -0.275. The van der Waals surface area contributed by atoms with Crippen LogP contribution in [0.15, 0.2) is 75.3 Å². The quantitative estimate of drug-likeness (QED) is 0.262. The van der Waals surface area contributed by atoms with E-state index in [0.29, 0.717) is 16.2 Å². The Bertz CT molecular complexity index is 1380. The highest BCUT2D eigenvalue weighted by Crippen LogP contribution is 2.50. The van der Waals surface area contributed by atoms with Crippen LogP contribution in [0.4, 0.5) is 17.6 Å². The summed E-state index contributed by atoms with van der Waals surface area (Å²) in [6, 6.07) is 13.2. The molecule has 0 radical (unpaired) electrons. The van der Waals surface area contributed by atoms with Crippen LogP contribution >= 0.6 is 23.2 Å². The Hall–Kier alpha value is -2.69. The Morgan fingerprint density at radius 2 is 1.77 bits per heavy atom. The molecule has 0 aliphatic carbocycles. The summed E-state index contributed by atoms with van der Waals surface area (Å²) in [5, 5.41) is 2.93. The summed E-state index contributed by atoms with van der Waals surface area (Å²) in [4.78, 5) is 9.01. The fourth-order valence-corrected chi connectivity index (χ4v) is 5.09. The van der Waals surface area contributed by atoms with Crippen molar-refractivity contribution < 1.29 is 26.6 Å². The Morgan fingerprint density at radius 1 is 1.11 bits per heavy atom. The van der Waals surface area contributed by atoms with Crippen molar-refractivity contribution in [2.75, 3.05) is 6.26 Å². The van der Waals surface area contributed by atoms with E-state index in [9.17, 15) is 21.8 Å². The molecule has 184 valence electrons. The molecule has 3 aromatic rings. The lowest BCUT2D eigenvalue weighted by Gasteiger charge is -2.29. The van der Waals surface area contributed by atoms with Gasteiger partial charge in [0.05, 0.1) is 32.0 Å². The number of benzene rings is 2. The molecular weight excluding hydrogens is 529 g/mol. The topological polar surface area (TPSA) is 63.9 Å². The van der Waals surface area contributed by atoms with Crippen LogP contribution < -0.4 is 0 Å². The predicted octanol–water partition coefficient (Wildman–Crippen LogP) is 6.77. The van der Waals surface area contributed by atoms with Crippen LogP contribution in [-0.4, -0.2) is 27.3 Å². The molecule has 0 amide bonds. The molecule has 35 heavy (non-hydrogen) atoms. The molecule has 4 rings (SSSR count). The number of hydrogen-bond donors (Lipinski definition) is 0. The molecule has 1 aliphatic rings. The second-order valence-electron chi connectivity index (χ2n) is 7.84. The second-order valence-corrected chi connectivity index (χ2v) is 10.9. The molecule has 0 saturated carbocycles. The number of oxime groups is 1. The van der Waals surface area contributed by atoms with Gasteiger partial charge in [0.15, 0.2) is 5.82 Å². The molecule has 1 aromatic heterocycles. The lowest BCUT2D eigenvalue weighted by Crippen LogP contribution is -2.42. The van der Waals surface area contributed by atoms with Crippen molar-refractivity contribution in [3.63, 3.8) is 0 Å². The molecule has 2 atom stereocenters. The smallest absolute Gasteiger partial charge is 0.374 e. The number of hydrogen-bond acceptors (Lipinski definition) is 5. The van der Waals surface area contributed by atoms with E-state index in [4.69, 9.17) is 28.0 Å². The fraction of sp³-hybridized carbons (Fsp3) is 0.217. The molecule has 2 unspecified atom stereocenters. The van der Waals surface area contributed by atoms with E-state index in [2.05, 4.69) is 14.5 Å². The van der Waals surface area contributed by atoms with E-state index in [1.807, 2.05) is 0 Å². The van der Waals surface area contributed by atoms with E-state index < -0.39 is 49.4 Å². The first kappa shape index (κ1) is 25.4. The van der Waals surface area contributed by atoms with Crippen LogP contribution in [0.25, 0.3) is 0 Å². The number of alkyl halides is 3. The summed E-state index contributed by atoms with van der Waals surface area (Å²) in [7, 11) is -2.71. The van der Waals surface area contributed by atoms with Crippen LogP contribution in [0, 0.1) is 5.82 Å². The minimum atomic E-state index is -4.89. The molecule has 0 saturated heterocycles. The highest BCUT2D eigenvalue weighted by Gasteiger charge is 2.62. The van der Waals surface area contributed by atoms with Gasteiger partial charge < -0.3 is 4.84 Å². The Labute approximate surface area is 208 Å². The summed E-state index contributed by atoms with van der Waals surface area (Å²) in [6.07, 6.45) is -2.55. The second kappa shape index (κ2) is 9.40. The number of rotatable bonds is 5. The molecule has 0 N–H and O–H groups in total. The van der Waals surface area contributed by atoms with Crippen molar-refractivity contribution in [3.05, 3.63) is 93.3 Å². The molecule has 2 aromatic carbocycles. The summed E-state index contributed by atoms with van der Waals surface area (Å²) < 4.78 is 73.3. The number of nitrogens with zero attached hydrogens (tertiary/aromatic N) is 3. The van der Waals surface area contributed by atoms with Gasteiger partial charge in [0.1, 0.15) is 5.03 Å². The Balaban J connectivity index is 1.57. The molecule has 12 heteroatoms. The third-order valence-electron chi connectivity index (χ3n) is 5.44. The van der Waals surface area contributed by atoms with Gasteiger partial charge in [-0.25, -0.2) is 17.9 Å². The van der Waals surface area contributed by atoms with Gasteiger partial charge in [0, 0.05) is 24.4 Å². The Morgan fingerprint density at radius 3 is 2.34 bits per heavy atom. The normalized spacial score (nSPS) is 19.6. The van der Waals surface area contributed by atoms with E-state index in [1.165, 1.54) is 12.5 Å². The third kappa shape index (κ3) is 5.00. The number of halogens is 6. The maximum Gasteiger partial charge on any atom is 0.435 e. The fourth-order valence-electron chi connectivity index (χ4n) is 3.48. The van der Waals surface area contributed by atoms with Gasteiger partial charge in [-0.2, -0.15) is 13.2 Å². The van der Waals surface area contributed by atoms with Gasteiger partial charge in [-0.3, -0.25) is 0 Å². The Kier molecular flexibility index (Phi) is 6.82. The summed E-state index contributed by atoms with van der Waals surface area (Å²) in [5.41, 5.74) is -2.20. The monoisotopic (exact) mass is 545 g/mol. The van der Waals surface area contributed by atoms with Crippen molar-refractivity contribution in [3.8, 4) is 0 Å². The van der Waals surface area contributed by atoms with Gasteiger partial charge in [-0.1, -0.05) is 58.7 Å². The van der Waals surface area contributed by atoms with Crippen molar-refractivity contribution in [1.82, 2.24) is 4.98 Å². The van der Waals surface area contributed by atoms with Gasteiger partial charge >= 0.3 is 6.18 Å². The van der Waals surface area contributed by atoms with Crippen molar-refractivity contribution in [2.45, 2.75) is 29.8 Å². The van der Waals surface area contributed by atoms with Gasteiger partial charge in [0.25, 0.3) is 5.60 Å². The number of aromatic nitrogens is 1. The minimum absolute atomic E-state index is 0.0372. The van der Waals surface area contributed by atoms with Crippen LogP contribution in [0.2, 0.25) is 10.0 Å². The zero-order valence-electron chi connectivity index (χ0n) is 18.0. The van der Waals surface area contributed by atoms with Crippen LogP contribution in [0.5, 0.6) is 0 Å². The first-order chi connectivity index (χ1) is 16.4. The summed E-state index contributed by atoms with van der Waals surface area (Å²) in [5.74, 6) is -1.02. The van der Waals surface area contributed by atoms with E-state index in [-0.39, 0.29) is 12.3 Å². The number of pyridine rings is 1. The predicted molar refractivity (Wildman–Crippen MR) is 126 cm³/mol. The zero-order valence-corrected chi connectivity index (χ0v) is 20.4. The SMILES string of the molecule is CS(=O)(=NCc1ccc(C2=NOC(c3cc(Cl)c(F)c(Cl)c3)(C(F)(F)F)C2)cc1)c1ccccn1. The zero-order chi connectivity index (χ0) is 25.4. The van der Waals surface area contributed by atoms with E-state index in [0.717, 1.165) is 12.1 Å². The molecule has 2 heterocycles. The molecule has 5 nitrogen and oxygen atoms in total. The maximum atomic E-state index is 14.1. The van der Waals surface area contributed by atoms with Crippen LogP contribution in [0.1, 0.15) is 23.1 Å². The van der Waals surface area contributed by atoms with Crippen molar-refractivity contribution in [2.24, 2.45) is 9.52 Å². The highest BCUT2D eigenvalue weighted by molar-refractivity contribution is 7.92. The molecule has 0 spiro atoms. The first-order valence-corrected chi connectivity index (χ1v) is 12.8. The summed E-state index contributed by atoms with van der Waals surface area (Å²) >= 11 is 11.5. The lowest BCUT2D eigenvalue weighted by atomic mass is 9.86. The van der Waals surface area contributed by atoms with E-state index >= 15 is 0 Å². The average molecular weight is 546 g/mol. The van der Waals surface area contributed by atoms with Gasteiger partial charge in [0.2, 0.25) is 0 Å². The minimum Gasteiger partial charge on any atom is -0.374 e. The standard InChI is InChI=1S/C23H17Cl2F4N3O2S/c1-35(33,20-4-2-3-9-30-20)31-13-14-5-7-15(8-6-14)19-12-22(34-32-19,23(27,28)29)16-10-17(24)21(26)18(25)11-16/h2-11H,12-13H2,1H3. The average Bonchev–Trinajstić information content (AvgIpc) is 3.29. The van der Waals surface area contributed by atoms with Crippen LogP contribution in [0.3, 0.4) is 0 Å². The van der Waals surface area contributed by atoms with Gasteiger partial charge in [-0.05, 0) is 35.4 Å². The molecule has 0 bridgehead atoms. The molecule has 0 fully saturated rings. The maximum absolute atomic E-state index is 14.1. The molecular formula is C23H17Cl2F4N3O2S. The highest BCUT2D eigenvalue weighted by atomic mass is 35.5. The van der Waals surface area contributed by atoms with Gasteiger partial charge in [-0.15, -0.1) is 0 Å². The third-order valence-corrected chi connectivity index (χ3v) is 7.63. The molecule has 1 aliphatic heterocycles. The van der Waals surface area contributed by atoms with Crippen molar-refractivity contribution >= 4 is 38.6 Å². The van der Waals surface area contributed by atoms with Crippen LogP contribution in [-0.2, 0) is 26.7 Å². The van der Waals surface area contributed by atoms with E-state index in [1.54, 1.807) is 42.5 Å².